The van der Waals surface area contributed by atoms with Gasteiger partial charge in [-0.1, -0.05) is 25.1 Å². The number of nitrogen functional groups attached to an aromatic ring is 1. The summed E-state index contributed by atoms with van der Waals surface area (Å²) in [5.74, 6) is 1.22. The molecule has 0 radical (unpaired) electrons. The van der Waals surface area contributed by atoms with Gasteiger partial charge in [-0.05, 0) is 36.1 Å². The van der Waals surface area contributed by atoms with Gasteiger partial charge in [-0.25, -0.2) is 4.98 Å². The SMILES string of the molecule is CC1Cc2ccccc2N(c2cccnc2N)C1. The van der Waals surface area contributed by atoms with Gasteiger partial charge < -0.3 is 10.6 Å². The van der Waals surface area contributed by atoms with Crippen LogP contribution in [0.25, 0.3) is 0 Å². The largest absolute Gasteiger partial charge is 0.382 e. The van der Waals surface area contributed by atoms with E-state index in [4.69, 9.17) is 5.73 Å². The number of rotatable bonds is 1. The molecule has 0 spiro atoms. The van der Waals surface area contributed by atoms with Gasteiger partial charge in [0.1, 0.15) is 5.82 Å². The first kappa shape index (κ1) is 11.1. The molecule has 3 heteroatoms. The number of pyridine rings is 1. The van der Waals surface area contributed by atoms with Crippen molar-refractivity contribution in [3.8, 4) is 0 Å². The van der Waals surface area contributed by atoms with Crippen LogP contribution in [0.4, 0.5) is 17.2 Å². The highest BCUT2D eigenvalue weighted by Crippen LogP contribution is 2.36. The summed E-state index contributed by atoms with van der Waals surface area (Å²) in [5, 5.41) is 0. The van der Waals surface area contributed by atoms with Gasteiger partial charge in [-0.3, -0.25) is 0 Å². The first-order valence-corrected chi connectivity index (χ1v) is 6.31. The van der Waals surface area contributed by atoms with Crippen LogP contribution < -0.4 is 10.6 Å². The lowest BCUT2D eigenvalue weighted by Gasteiger charge is -2.35. The van der Waals surface area contributed by atoms with E-state index in [1.165, 1.54) is 11.3 Å². The Morgan fingerprint density at radius 1 is 1.17 bits per heavy atom. The molecule has 3 nitrogen and oxygen atoms in total. The van der Waals surface area contributed by atoms with Crippen molar-refractivity contribution in [3.05, 3.63) is 48.2 Å². The number of nitrogens with zero attached hydrogens (tertiary/aromatic N) is 2. The molecule has 2 N–H and O–H groups in total. The zero-order chi connectivity index (χ0) is 12.5. The number of aromatic nitrogens is 1. The summed E-state index contributed by atoms with van der Waals surface area (Å²) in [5.41, 5.74) is 9.66. The fourth-order valence-electron chi connectivity index (χ4n) is 2.66. The second kappa shape index (κ2) is 4.33. The third-order valence-electron chi connectivity index (χ3n) is 3.45. The molecule has 1 aliphatic heterocycles. The lowest BCUT2D eigenvalue weighted by atomic mass is 9.93. The number of anilines is 3. The minimum Gasteiger partial charge on any atom is -0.382 e. The highest BCUT2D eigenvalue weighted by Gasteiger charge is 2.23. The van der Waals surface area contributed by atoms with Crippen LogP contribution in [0.15, 0.2) is 42.6 Å². The molecule has 2 heterocycles. The van der Waals surface area contributed by atoms with Gasteiger partial charge in [0.05, 0.1) is 5.69 Å². The van der Waals surface area contributed by atoms with E-state index < -0.39 is 0 Å². The zero-order valence-electron chi connectivity index (χ0n) is 10.5. The van der Waals surface area contributed by atoms with E-state index in [-0.39, 0.29) is 0 Å². The van der Waals surface area contributed by atoms with E-state index in [0.717, 1.165) is 18.7 Å². The number of hydrogen-bond acceptors (Lipinski definition) is 3. The molecule has 18 heavy (non-hydrogen) atoms. The van der Waals surface area contributed by atoms with Crippen molar-refractivity contribution in [3.63, 3.8) is 0 Å². The molecular weight excluding hydrogens is 222 g/mol. The Bertz CT molecular complexity index is 565. The van der Waals surface area contributed by atoms with Gasteiger partial charge >= 0.3 is 0 Å². The van der Waals surface area contributed by atoms with E-state index >= 15 is 0 Å². The number of fused-ring (bicyclic) bond motifs is 1. The average molecular weight is 239 g/mol. The van der Waals surface area contributed by atoms with E-state index in [0.29, 0.717) is 11.7 Å². The van der Waals surface area contributed by atoms with Gasteiger partial charge in [0, 0.05) is 18.4 Å². The van der Waals surface area contributed by atoms with Crippen molar-refractivity contribution in [2.75, 3.05) is 17.2 Å². The van der Waals surface area contributed by atoms with E-state index in [2.05, 4.69) is 41.1 Å². The molecule has 1 atom stereocenters. The molecule has 0 saturated heterocycles. The third kappa shape index (κ3) is 1.82. The van der Waals surface area contributed by atoms with Gasteiger partial charge in [-0.15, -0.1) is 0 Å². The molecule has 0 saturated carbocycles. The smallest absolute Gasteiger partial charge is 0.147 e. The summed E-state index contributed by atoms with van der Waals surface area (Å²) >= 11 is 0. The zero-order valence-corrected chi connectivity index (χ0v) is 10.5. The molecule has 0 amide bonds. The van der Waals surface area contributed by atoms with Crippen LogP contribution >= 0.6 is 0 Å². The molecule has 0 aliphatic carbocycles. The molecular formula is C15H17N3. The number of benzene rings is 1. The van der Waals surface area contributed by atoms with E-state index in [9.17, 15) is 0 Å². The van der Waals surface area contributed by atoms with Crippen LogP contribution in [0.2, 0.25) is 0 Å². The first-order chi connectivity index (χ1) is 8.75. The normalized spacial score (nSPS) is 18.5. The molecule has 1 aromatic carbocycles. The Kier molecular flexibility index (Phi) is 2.67. The maximum Gasteiger partial charge on any atom is 0.147 e. The Hall–Kier alpha value is -2.03. The first-order valence-electron chi connectivity index (χ1n) is 6.31. The van der Waals surface area contributed by atoms with Crippen molar-refractivity contribution in [2.24, 2.45) is 5.92 Å². The highest BCUT2D eigenvalue weighted by atomic mass is 15.2. The molecule has 1 aliphatic rings. The number of para-hydroxylation sites is 1. The summed E-state index contributed by atoms with van der Waals surface area (Å²) in [4.78, 5) is 6.47. The van der Waals surface area contributed by atoms with Crippen molar-refractivity contribution in [1.29, 1.82) is 0 Å². The molecule has 3 rings (SSSR count). The lowest BCUT2D eigenvalue weighted by Crippen LogP contribution is -2.31. The van der Waals surface area contributed by atoms with Crippen LogP contribution in [0, 0.1) is 5.92 Å². The molecule has 92 valence electrons. The molecule has 2 aromatic rings. The fraction of sp³-hybridized carbons (Fsp3) is 0.267. The Labute approximate surface area is 107 Å². The van der Waals surface area contributed by atoms with E-state index in [1.807, 2.05) is 12.1 Å². The summed E-state index contributed by atoms with van der Waals surface area (Å²) in [6.07, 6.45) is 2.87. The quantitative estimate of drug-likeness (QED) is 0.831. The van der Waals surface area contributed by atoms with E-state index in [1.54, 1.807) is 6.20 Å². The van der Waals surface area contributed by atoms with Gasteiger partial charge in [0.15, 0.2) is 0 Å². The van der Waals surface area contributed by atoms with Crippen molar-refractivity contribution >= 4 is 17.2 Å². The van der Waals surface area contributed by atoms with Crippen molar-refractivity contribution in [2.45, 2.75) is 13.3 Å². The van der Waals surface area contributed by atoms with Crippen LogP contribution in [0.3, 0.4) is 0 Å². The number of hydrogen-bond donors (Lipinski definition) is 1. The minimum absolute atomic E-state index is 0.599. The molecule has 1 aromatic heterocycles. The Balaban J connectivity index is 2.11. The van der Waals surface area contributed by atoms with Crippen molar-refractivity contribution < 1.29 is 0 Å². The van der Waals surface area contributed by atoms with Crippen LogP contribution in [-0.2, 0) is 6.42 Å². The third-order valence-corrected chi connectivity index (χ3v) is 3.45. The fourth-order valence-corrected chi connectivity index (χ4v) is 2.66. The van der Waals surface area contributed by atoms with Gasteiger partial charge in [0.2, 0.25) is 0 Å². The number of nitrogens with two attached hydrogens (primary N) is 1. The van der Waals surface area contributed by atoms with Gasteiger partial charge in [-0.2, -0.15) is 0 Å². The topological polar surface area (TPSA) is 42.2 Å². The summed E-state index contributed by atoms with van der Waals surface area (Å²) in [6, 6.07) is 12.5. The predicted molar refractivity (Wildman–Crippen MR) is 75.0 cm³/mol. The summed E-state index contributed by atoms with van der Waals surface area (Å²) < 4.78 is 0. The minimum atomic E-state index is 0.599. The van der Waals surface area contributed by atoms with Gasteiger partial charge in [0.25, 0.3) is 0 Å². The maximum atomic E-state index is 6.00. The summed E-state index contributed by atoms with van der Waals surface area (Å²) in [6.45, 7) is 3.27. The molecule has 1 unspecified atom stereocenters. The lowest BCUT2D eigenvalue weighted by molar-refractivity contribution is 0.562. The Morgan fingerprint density at radius 2 is 1.94 bits per heavy atom. The Morgan fingerprint density at radius 3 is 2.78 bits per heavy atom. The monoisotopic (exact) mass is 239 g/mol. The van der Waals surface area contributed by atoms with Crippen molar-refractivity contribution in [1.82, 2.24) is 4.98 Å². The maximum absolute atomic E-state index is 6.00. The summed E-state index contributed by atoms with van der Waals surface area (Å²) in [7, 11) is 0. The highest BCUT2D eigenvalue weighted by molar-refractivity contribution is 5.74. The predicted octanol–water partition coefficient (Wildman–Crippen LogP) is 2.99. The molecule has 0 fully saturated rings. The van der Waals surface area contributed by atoms with Crippen LogP contribution in [0.5, 0.6) is 0 Å². The second-order valence-corrected chi connectivity index (χ2v) is 4.96. The molecule has 0 bridgehead atoms. The average Bonchev–Trinajstić information content (AvgIpc) is 2.38. The van der Waals surface area contributed by atoms with Crippen LogP contribution in [-0.4, -0.2) is 11.5 Å². The standard InChI is InChI=1S/C15H17N3/c1-11-9-12-5-2-3-6-13(12)18(10-11)14-7-4-8-17-15(14)16/h2-8,11H,9-10H2,1H3,(H2,16,17). The second-order valence-electron chi connectivity index (χ2n) is 4.96. The van der Waals surface area contributed by atoms with Crippen LogP contribution in [0.1, 0.15) is 12.5 Å².